The first-order valence-electron chi connectivity index (χ1n) is 8.73. The van der Waals surface area contributed by atoms with Crippen molar-refractivity contribution in [1.82, 2.24) is 9.97 Å². The van der Waals surface area contributed by atoms with Crippen molar-refractivity contribution < 1.29 is 13.5 Å². The van der Waals surface area contributed by atoms with E-state index in [4.69, 9.17) is 0 Å². The minimum Gasteiger partial charge on any atom is -0.435 e. The maximum atomic E-state index is 12.2. The molecule has 3 aromatic rings. The van der Waals surface area contributed by atoms with E-state index in [2.05, 4.69) is 25.2 Å². The van der Waals surface area contributed by atoms with Crippen LogP contribution in [0.2, 0.25) is 0 Å². The number of aromatic nitrogens is 2. The Morgan fingerprint density at radius 1 is 1.19 bits per heavy atom. The van der Waals surface area contributed by atoms with Crippen LogP contribution < -0.4 is 10.2 Å². The van der Waals surface area contributed by atoms with Crippen molar-refractivity contribution in [2.24, 2.45) is 5.10 Å². The van der Waals surface area contributed by atoms with Gasteiger partial charge in [0.2, 0.25) is 0 Å². The van der Waals surface area contributed by atoms with E-state index in [-0.39, 0.29) is 5.75 Å². The van der Waals surface area contributed by atoms with Gasteiger partial charge in [0.25, 0.3) is 0 Å². The van der Waals surface area contributed by atoms with Gasteiger partial charge in [-0.1, -0.05) is 0 Å². The quantitative estimate of drug-likeness (QED) is 0.498. The van der Waals surface area contributed by atoms with Gasteiger partial charge >= 0.3 is 6.61 Å². The summed E-state index contributed by atoms with van der Waals surface area (Å²) in [6.07, 6.45) is 6.17. The van der Waals surface area contributed by atoms with Gasteiger partial charge in [0.15, 0.2) is 5.82 Å². The monoisotopic (exact) mass is 388 g/mol. The van der Waals surface area contributed by atoms with Gasteiger partial charge in [-0.15, -0.1) is 11.3 Å². The normalized spacial score (nSPS) is 14.1. The second-order valence-electron chi connectivity index (χ2n) is 6.33. The number of nitrogens with one attached hydrogen (secondary N) is 1. The molecule has 5 nitrogen and oxygen atoms in total. The van der Waals surface area contributed by atoms with Gasteiger partial charge in [-0.25, -0.2) is 9.97 Å². The zero-order valence-electron chi connectivity index (χ0n) is 14.7. The van der Waals surface area contributed by atoms with Crippen LogP contribution in [0, 0.1) is 6.92 Å². The van der Waals surface area contributed by atoms with E-state index >= 15 is 0 Å². The third-order valence-electron chi connectivity index (χ3n) is 4.42. The number of alkyl halides is 2. The van der Waals surface area contributed by atoms with Crippen molar-refractivity contribution in [2.75, 3.05) is 5.43 Å². The first kappa shape index (κ1) is 17.8. The Hall–Kier alpha value is -2.61. The standard InChI is InChI=1S/C19H18F2N4OS/c1-11-23-17(16-14-4-2-3-5-15(14)27-18(16)24-11)25-22-10-12-6-8-13(9-7-12)26-19(20)21/h6-10,19H,2-5H2,1H3,(H,23,24,25). The van der Waals surface area contributed by atoms with Crippen LogP contribution in [-0.4, -0.2) is 22.8 Å². The number of rotatable bonds is 5. The predicted octanol–water partition coefficient (Wildman–Crippen LogP) is 4.93. The molecule has 1 aliphatic carbocycles. The highest BCUT2D eigenvalue weighted by Crippen LogP contribution is 2.38. The lowest BCUT2D eigenvalue weighted by atomic mass is 9.97. The van der Waals surface area contributed by atoms with Gasteiger partial charge in [-0.2, -0.15) is 13.9 Å². The lowest BCUT2D eigenvalue weighted by molar-refractivity contribution is -0.0498. The van der Waals surface area contributed by atoms with E-state index in [1.807, 2.05) is 6.92 Å². The van der Waals surface area contributed by atoms with Gasteiger partial charge in [0, 0.05) is 4.88 Å². The topological polar surface area (TPSA) is 59.4 Å². The van der Waals surface area contributed by atoms with E-state index in [1.165, 1.54) is 35.4 Å². The van der Waals surface area contributed by atoms with Gasteiger partial charge in [0.05, 0.1) is 11.6 Å². The number of thiophene rings is 1. The van der Waals surface area contributed by atoms with Crippen LogP contribution in [0.25, 0.3) is 10.2 Å². The molecule has 0 atom stereocenters. The molecule has 140 valence electrons. The van der Waals surface area contributed by atoms with Gasteiger partial charge in [-0.05, 0) is 68.0 Å². The van der Waals surface area contributed by atoms with Crippen molar-refractivity contribution in [1.29, 1.82) is 0 Å². The van der Waals surface area contributed by atoms with Crippen LogP contribution >= 0.6 is 11.3 Å². The number of anilines is 1. The molecule has 8 heteroatoms. The molecular formula is C19H18F2N4OS. The first-order valence-corrected chi connectivity index (χ1v) is 9.54. The summed E-state index contributed by atoms with van der Waals surface area (Å²) in [4.78, 5) is 11.5. The average molecular weight is 388 g/mol. The Balaban J connectivity index is 1.56. The molecule has 0 fully saturated rings. The third kappa shape index (κ3) is 3.90. The highest BCUT2D eigenvalue weighted by molar-refractivity contribution is 7.19. The fourth-order valence-electron chi connectivity index (χ4n) is 3.25. The van der Waals surface area contributed by atoms with E-state index in [0.717, 1.165) is 28.6 Å². The van der Waals surface area contributed by atoms with Crippen LogP contribution in [0.4, 0.5) is 14.6 Å². The van der Waals surface area contributed by atoms with Gasteiger partial charge < -0.3 is 4.74 Å². The average Bonchev–Trinajstić information content (AvgIpc) is 3.00. The Kier molecular flexibility index (Phi) is 4.98. The lowest BCUT2D eigenvalue weighted by Crippen LogP contribution is -2.02. The van der Waals surface area contributed by atoms with Crippen molar-refractivity contribution in [3.05, 3.63) is 46.1 Å². The zero-order valence-corrected chi connectivity index (χ0v) is 15.5. The molecule has 0 saturated heterocycles. The van der Waals surface area contributed by atoms with Crippen LogP contribution in [-0.2, 0) is 12.8 Å². The molecule has 0 saturated carbocycles. The molecule has 0 bridgehead atoms. The summed E-state index contributed by atoms with van der Waals surface area (Å²) in [6.45, 7) is -0.958. The number of benzene rings is 1. The molecule has 0 unspecified atom stereocenters. The number of hydrogen-bond donors (Lipinski definition) is 1. The minimum absolute atomic E-state index is 0.119. The van der Waals surface area contributed by atoms with Crippen LogP contribution in [0.5, 0.6) is 5.75 Å². The van der Waals surface area contributed by atoms with Crippen molar-refractivity contribution in [3.8, 4) is 5.75 Å². The van der Waals surface area contributed by atoms with Gasteiger partial charge in [0.1, 0.15) is 16.4 Å². The Bertz CT molecular complexity index is 986. The number of hydrogen-bond acceptors (Lipinski definition) is 6. The second kappa shape index (κ2) is 7.56. The van der Waals surface area contributed by atoms with Crippen molar-refractivity contribution in [3.63, 3.8) is 0 Å². The third-order valence-corrected chi connectivity index (χ3v) is 5.60. The maximum absolute atomic E-state index is 12.2. The number of aryl methyl sites for hydroxylation is 3. The largest absolute Gasteiger partial charge is 0.435 e. The molecule has 1 aliphatic rings. The van der Waals surface area contributed by atoms with E-state index < -0.39 is 6.61 Å². The SMILES string of the molecule is Cc1nc(NN=Cc2ccc(OC(F)F)cc2)c2c3c(sc2n1)CCCC3. The Labute approximate surface area is 159 Å². The molecule has 2 heterocycles. The smallest absolute Gasteiger partial charge is 0.387 e. The second-order valence-corrected chi connectivity index (χ2v) is 7.41. The number of halogens is 2. The summed E-state index contributed by atoms with van der Waals surface area (Å²) in [5.41, 5.74) is 5.14. The fourth-order valence-corrected chi connectivity index (χ4v) is 4.56. The van der Waals surface area contributed by atoms with E-state index in [0.29, 0.717) is 11.6 Å². The Morgan fingerprint density at radius 2 is 1.96 bits per heavy atom. The first-order chi connectivity index (χ1) is 13.1. The summed E-state index contributed by atoms with van der Waals surface area (Å²) in [5.74, 6) is 1.53. The van der Waals surface area contributed by atoms with Crippen LogP contribution in [0.1, 0.15) is 34.7 Å². The van der Waals surface area contributed by atoms with Crippen LogP contribution in [0.3, 0.4) is 0 Å². The molecule has 0 amide bonds. The predicted molar refractivity (Wildman–Crippen MR) is 103 cm³/mol. The minimum atomic E-state index is -2.83. The number of hydrazone groups is 1. The summed E-state index contributed by atoms with van der Waals surface area (Å²) >= 11 is 1.75. The lowest BCUT2D eigenvalue weighted by Gasteiger charge is -2.11. The molecule has 2 aromatic heterocycles. The van der Waals surface area contributed by atoms with Crippen LogP contribution in [0.15, 0.2) is 29.4 Å². The highest BCUT2D eigenvalue weighted by Gasteiger charge is 2.20. The molecule has 4 rings (SSSR count). The number of nitrogens with zero attached hydrogens (tertiary/aromatic N) is 3. The van der Waals surface area contributed by atoms with E-state index in [1.54, 1.807) is 29.7 Å². The zero-order chi connectivity index (χ0) is 18.8. The molecule has 0 spiro atoms. The highest BCUT2D eigenvalue weighted by atomic mass is 32.1. The number of fused-ring (bicyclic) bond motifs is 3. The molecule has 0 radical (unpaired) electrons. The van der Waals surface area contributed by atoms with Crippen molar-refractivity contribution in [2.45, 2.75) is 39.2 Å². The summed E-state index contributed by atoms with van der Waals surface area (Å²) < 4.78 is 28.7. The summed E-state index contributed by atoms with van der Waals surface area (Å²) in [6, 6.07) is 6.29. The van der Waals surface area contributed by atoms with E-state index in [9.17, 15) is 8.78 Å². The molecule has 1 N–H and O–H groups in total. The summed E-state index contributed by atoms with van der Waals surface area (Å²) in [7, 11) is 0. The fraction of sp³-hybridized carbons (Fsp3) is 0.316. The maximum Gasteiger partial charge on any atom is 0.387 e. The molecular weight excluding hydrogens is 370 g/mol. The number of ether oxygens (including phenoxy) is 1. The molecule has 27 heavy (non-hydrogen) atoms. The molecule has 0 aliphatic heterocycles. The van der Waals surface area contributed by atoms with Crippen molar-refractivity contribution >= 4 is 33.6 Å². The summed E-state index contributed by atoms with van der Waals surface area (Å²) in [5, 5.41) is 5.34. The Morgan fingerprint density at radius 3 is 2.74 bits per heavy atom. The molecule has 1 aromatic carbocycles. The van der Waals surface area contributed by atoms with Gasteiger partial charge in [-0.3, -0.25) is 5.43 Å².